The lowest BCUT2D eigenvalue weighted by molar-refractivity contribution is -0.135. The minimum absolute atomic E-state index is 0.152. The molecule has 1 aliphatic heterocycles. The molecule has 0 bridgehead atoms. The molecule has 4 rings (SSSR count). The fraction of sp³-hybridized carbons (Fsp3) is 0.474. The van der Waals surface area contributed by atoms with Crippen LogP contribution >= 0.6 is 0 Å². The lowest BCUT2D eigenvalue weighted by Crippen LogP contribution is -2.38. The molecule has 1 fully saturated rings. The Balaban J connectivity index is 1.51. The summed E-state index contributed by atoms with van der Waals surface area (Å²) in [6.45, 7) is 6.99. The van der Waals surface area contributed by atoms with Crippen molar-refractivity contribution in [2.45, 2.75) is 39.8 Å². The predicted molar refractivity (Wildman–Crippen MR) is 93.1 cm³/mol. The van der Waals surface area contributed by atoms with Crippen LogP contribution < -0.4 is 9.47 Å². The molecule has 2 heterocycles. The van der Waals surface area contributed by atoms with Crippen molar-refractivity contribution >= 4 is 5.91 Å². The zero-order valence-corrected chi connectivity index (χ0v) is 14.8. The third-order valence-electron chi connectivity index (χ3n) is 4.97. The molecular weight excluding hydrogens is 318 g/mol. The van der Waals surface area contributed by atoms with Gasteiger partial charge in [-0.25, -0.2) is 4.98 Å². The Bertz CT molecular complexity index is 799. The van der Waals surface area contributed by atoms with Gasteiger partial charge >= 0.3 is 0 Å². The van der Waals surface area contributed by atoms with Crippen LogP contribution in [0.25, 0.3) is 11.3 Å². The standard InChI is InChI=1S/C19H23N3O3/c1-11(2)22(19(23)14-6-12(14)3)9-18-20-8-15(21-18)13-4-5-16-17(7-13)25-10-24-16/h4-5,7-8,11-12,14H,6,9-10H2,1-3H3,(H,20,21)/t12-,14+/m0/s1. The number of imidazole rings is 1. The van der Waals surface area contributed by atoms with Crippen LogP contribution in [-0.2, 0) is 11.3 Å². The van der Waals surface area contributed by atoms with Crippen LogP contribution in [0.5, 0.6) is 11.5 Å². The number of hydrogen-bond donors (Lipinski definition) is 1. The van der Waals surface area contributed by atoms with Gasteiger partial charge in [0.1, 0.15) is 5.82 Å². The van der Waals surface area contributed by atoms with Crippen molar-refractivity contribution in [3.63, 3.8) is 0 Å². The maximum Gasteiger partial charge on any atom is 0.231 e. The molecule has 25 heavy (non-hydrogen) atoms. The second kappa shape index (κ2) is 6.10. The Morgan fingerprint density at radius 1 is 1.36 bits per heavy atom. The van der Waals surface area contributed by atoms with E-state index in [1.54, 1.807) is 6.20 Å². The molecular formula is C19H23N3O3. The number of carbonyl (C=O) groups excluding carboxylic acids is 1. The van der Waals surface area contributed by atoms with Gasteiger partial charge in [0.05, 0.1) is 18.4 Å². The molecule has 2 aromatic rings. The smallest absolute Gasteiger partial charge is 0.231 e. The molecule has 0 unspecified atom stereocenters. The molecule has 6 heteroatoms. The lowest BCUT2D eigenvalue weighted by Gasteiger charge is -2.26. The van der Waals surface area contributed by atoms with Gasteiger partial charge < -0.3 is 19.4 Å². The number of nitrogens with one attached hydrogen (secondary N) is 1. The number of fused-ring (bicyclic) bond motifs is 1. The summed E-state index contributed by atoms with van der Waals surface area (Å²) in [4.78, 5) is 22.3. The Morgan fingerprint density at radius 2 is 2.12 bits per heavy atom. The molecule has 1 aromatic heterocycles. The van der Waals surface area contributed by atoms with E-state index in [-0.39, 0.29) is 24.7 Å². The van der Waals surface area contributed by atoms with E-state index in [0.29, 0.717) is 12.5 Å². The van der Waals surface area contributed by atoms with Gasteiger partial charge in [0.25, 0.3) is 0 Å². The molecule has 1 aromatic carbocycles. The number of ether oxygens (including phenoxy) is 2. The first-order chi connectivity index (χ1) is 12.0. The van der Waals surface area contributed by atoms with E-state index >= 15 is 0 Å². The molecule has 2 aliphatic rings. The average Bonchev–Trinajstić information content (AvgIpc) is 3.02. The third-order valence-corrected chi connectivity index (χ3v) is 4.97. The van der Waals surface area contributed by atoms with Crippen molar-refractivity contribution < 1.29 is 14.3 Å². The Hall–Kier alpha value is -2.50. The Morgan fingerprint density at radius 3 is 2.84 bits per heavy atom. The summed E-state index contributed by atoms with van der Waals surface area (Å²) in [5.41, 5.74) is 1.89. The van der Waals surface area contributed by atoms with E-state index in [1.165, 1.54) is 0 Å². The van der Waals surface area contributed by atoms with Crippen LogP contribution in [-0.4, -0.2) is 33.6 Å². The fourth-order valence-corrected chi connectivity index (χ4v) is 3.21. The van der Waals surface area contributed by atoms with Crippen molar-refractivity contribution in [2.75, 3.05) is 6.79 Å². The number of aromatic nitrogens is 2. The molecule has 6 nitrogen and oxygen atoms in total. The van der Waals surface area contributed by atoms with E-state index in [2.05, 4.69) is 16.9 Å². The molecule has 0 saturated heterocycles. The third kappa shape index (κ3) is 3.08. The molecule has 1 aliphatic carbocycles. The number of hydrogen-bond acceptors (Lipinski definition) is 4. The second-order valence-electron chi connectivity index (χ2n) is 7.19. The number of amides is 1. The molecule has 2 atom stereocenters. The van der Waals surface area contributed by atoms with Gasteiger partial charge in [-0.3, -0.25) is 4.79 Å². The van der Waals surface area contributed by atoms with Gasteiger partial charge in [-0.15, -0.1) is 0 Å². The van der Waals surface area contributed by atoms with E-state index < -0.39 is 0 Å². The number of benzene rings is 1. The number of carbonyl (C=O) groups is 1. The average molecular weight is 341 g/mol. The summed E-state index contributed by atoms with van der Waals surface area (Å²) in [7, 11) is 0. The first-order valence-corrected chi connectivity index (χ1v) is 8.77. The number of H-pyrrole nitrogens is 1. The molecule has 132 valence electrons. The van der Waals surface area contributed by atoms with E-state index in [0.717, 1.165) is 35.0 Å². The fourth-order valence-electron chi connectivity index (χ4n) is 3.21. The Kier molecular flexibility index (Phi) is 3.90. The molecule has 1 N–H and O–H groups in total. The van der Waals surface area contributed by atoms with Gasteiger partial charge in [0.15, 0.2) is 11.5 Å². The quantitative estimate of drug-likeness (QED) is 0.907. The van der Waals surface area contributed by atoms with E-state index in [4.69, 9.17) is 9.47 Å². The van der Waals surface area contributed by atoms with Crippen LogP contribution in [0.2, 0.25) is 0 Å². The highest BCUT2D eigenvalue weighted by molar-refractivity contribution is 5.81. The van der Waals surface area contributed by atoms with Crippen LogP contribution in [0, 0.1) is 11.8 Å². The summed E-state index contributed by atoms with van der Waals surface area (Å²) in [5.74, 6) is 3.24. The minimum Gasteiger partial charge on any atom is -0.454 e. The minimum atomic E-state index is 0.152. The normalized spacial score (nSPS) is 20.8. The lowest BCUT2D eigenvalue weighted by atomic mass is 10.1. The highest BCUT2D eigenvalue weighted by atomic mass is 16.7. The van der Waals surface area contributed by atoms with Crippen molar-refractivity contribution in [1.29, 1.82) is 0 Å². The SMILES string of the molecule is CC(C)N(Cc1ncc(-c2ccc3c(c2)OCO3)[nH]1)C(=O)[C@@H]1C[C@@H]1C. The maximum absolute atomic E-state index is 12.6. The van der Waals surface area contributed by atoms with Crippen LogP contribution in [0.1, 0.15) is 33.0 Å². The number of aromatic amines is 1. The molecule has 1 saturated carbocycles. The molecule has 1 amide bonds. The monoisotopic (exact) mass is 341 g/mol. The summed E-state index contributed by atoms with van der Waals surface area (Å²) in [6.07, 6.45) is 2.80. The second-order valence-corrected chi connectivity index (χ2v) is 7.19. The van der Waals surface area contributed by atoms with Gasteiger partial charge in [0.2, 0.25) is 12.7 Å². The highest BCUT2D eigenvalue weighted by Crippen LogP contribution is 2.40. The van der Waals surface area contributed by atoms with E-state index in [9.17, 15) is 4.79 Å². The Labute approximate surface area is 147 Å². The maximum atomic E-state index is 12.6. The van der Waals surface area contributed by atoms with Crippen molar-refractivity contribution in [1.82, 2.24) is 14.9 Å². The van der Waals surface area contributed by atoms with Gasteiger partial charge in [0, 0.05) is 17.5 Å². The van der Waals surface area contributed by atoms with Gasteiger partial charge in [-0.2, -0.15) is 0 Å². The van der Waals surface area contributed by atoms with Gasteiger partial charge in [-0.05, 0) is 44.4 Å². The summed E-state index contributed by atoms with van der Waals surface area (Å²) < 4.78 is 10.8. The predicted octanol–water partition coefficient (Wildman–Crippen LogP) is 3.20. The highest BCUT2D eigenvalue weighted by Gasteiger charge is 2.42. The number of nitrogens with zero attached hydrogens (tertiary/aromatic N) is 2. The number of rotatable bonds is 5. The summed E-state index contributed by atoms with van der Waals surface area (Å²) >= 11 is 0. The molecule has 0 radical (unpaired) electrons. The van der Waals surface area contributed by atoms with Gasteiger partial charge in [-0.1, -0.05) is 6.92 Å². The topological polar surface area (TPSA) is 67.5 Å². The van der Waals surface area contributed by atoms with E-state index in [1.807, 2.05) is 36.9 Å². The van der Waals surface area contributed by atoms with Crippen molar-refractivity contribution in [3.8, 4) is 22.8 Å². The van der Waals surface area contributed by atoms with Crippen LogP contribution in [0.15, 0.2) is 24.4 Å². The zero-order valence-electron chi connectivity index (χ0n) is 14.8. The summed E-state index contributed by atoms with van der Waals surface area (Å²) in [6, 6.07) is 5.97. The zero-order chi connectivity index (χ0) is 17.6. The largest absolute Gasteiger partial charge is 0.454 e. The van der Waals surface area contributed by atoms with Crippen LogP contribution in [0.3, 0.4) is 0 Å². The first-order valence-electron chi connectivity index (χ1n) is 8.77. The van der Waals surface area contributed by atoms with Crippen LogP contribution in [0.4, 0.5) is 0 Å². The molecule has 0 spiro atoms. The summed E-state index contributed by atoms with van der Waals surface area (Å²) in [5, 5.41) is 0. The van der Waals surface area contributed by atoms with Crippen molar-refractivity contribution in [2.24, 2.45) is 11.8 Å². The first kappa shape index (κ1) is 16.0. The van der Waals surface area contributed by atoms with Crippen molar-refractivity contribution in [3.05, 3.63) is 30.2 Å².